The van der Waals surface area contributed by atoms with Crippen LogP contribution in [0.4, 0.5) is 5.69 Å². The lowest BCUT2D eigenvalue weighted by molar-refractivity contribution is -0.140. The Morgan fingerprint density at radius 1 is 1.17 bits per heavy atom. The van der Waals surface area contributed by atoms with Crippen molar-refractivity contribution in [2.75, 3.05) is 25.6 Å². The van der Waals surface area contributed by atoms with E-state index in [-0.39, 0.29) is 12.0 Å². The van der Waals surface area contributed by atoms with Gasteiger partial charge in [0.15, 0.2) is 0 Å². The van der Waals surface area contributed by atoms with E-state index in [1.807, 2.05) is 37.4 Å². The first-order chi connectivity index (χ1) is 11.2. The van der Waals surface area contributed by atoms with Gasteiger partial charge in [-0.05, 0) is 6.07 Å². The Balaban J connectivity index is 2.05. The highest BCUT2D eigenvalue weighted by Gasteiger charge is 2.25. The van der Waals surface area contributed by atoms with Crippen molar-refractivity contribution in [3.63, 3.8) is 0 Å². The number of likely N-dealkylation sites (N-methyl/N-ethyl adjacent to an activating group) is 1. The molecule has 1 atom stereocenters. The second-order valence-electron chi connectivity index (χ2n) is 5.62. The number of carbonyl (C=O) groups excluding carboxylic acids is 1. The normalized spacial score (nSPS) is 17.0. The maximum absolute atomic E-state index is 11.7. The number of ether oxygens (including phenoxy) is 1. The zero-order valence-corrected chi connectivity index (χ0v) is 13.4. The van der Waals surface area contributed by atoms with Crippen molar-refractivity contribution >= 4 is 17.4 Å². The van der Waals surface area contributed by atoms with Crippen LogP contribution in [0.15, 0.2) is 59.6 Å². The lowest BCUT2D eigenvalue weighted by Crippen LogP contribution is -2.36. The summed E-state index contributed by atoms with van der Waals surface area (Å²) >= 11 is 0. The summed E-state index contributed by atoms with van der Waals surface area (Å²) in [5.74, 6) is -0.210. The number of hydrogen-bond acceptors (Lipinski definition) is 4. The molecule has 0 saturated heterocycles. The van der Waals surface area contributed by atoms with Gasteiger partial charge in [0, 0.05) is 23.9 Å². The summed E-state index contributed by atoms with van der Waals surface area (Å²) in [5.41, 5.74) is 4.24. The Bertz CT molecular complexity index is 725. The molecule has 0 amide bonds. The number of methoxy groups -OCH3 is 1. The Morgan fingerprint density at radius 2 is 1.87 bits per heavy atom. The molecule has 0 aliphatic carbocycles. The van der Waals surface area contributed by atoms with Gasteiger partial charge in [0.25, 0.3) is 0 Å². The van der Waals surface area contributed by atoms with Crippen LogP contribution in [-0.2, 0) is 9.53 Å². The molecule has 0 saturated carbocycles. The Morgan fingerprint density at radius 3 is 2.61 bits per heavy atom. The van der Waals surface area contributed by atoms with E-state index in [0.717, 1.165) is 22.5 Å². The van der Waals surface area contributed by atoms with Crippen LogP contribution in [0.3, 0.4) is 0 Å². The number of rotatable bonds is 3. The van der Waals surface area contributed by atoms with Crippen LogP contribution in [-0.4, -0.2) is 38.4 Å². The number of esters is 1. The van der Waals surface area contributed by atoms with E-state index in [9.17, 15) is 4.79 Å². The van der Waals surface area contributed by atoms with Crippen molar-refractivity contribution in [3.05, 3.63) is 65.7 Å². The highest BCUT2D eigenvalue weighted by Crippen LogP contribution is 2.28. The average Bonchev–Trinajstić information content (AvgIpc) is 2.74. The van der Waals surface area contributed by atoms with Gasteiger partial charge in [-0.3, -0.25) is 9.79 Å². The van der Waals surface area contributed by atoms with Gasteiger partial charge in [-0.2, -0.15) is 0 Å². The van der Waals surface area contributed by atoms with Crippen LogP contribution in [0.2, 0.25) is 0 Å². The van der Waals surface area contributed by atoms with Gasteiger partial charge in [0.1, 0.15) is 0 Å². The molecule has 0 aromatic heterocycles. The van der Waals surface area contributed by atoms with Gasteiger partial charge in [-0.25, -0.2) is 0 Å². The smallest absolute Gasteiger partial charge is 0.307 e. The van der Waals surface area contributed by atoms with Gasteiger partial charge >= 0.3 is 5.97 Å². The SMILES string of the molecule is COC(=O)CC1CN=C(c2ccccc2)c2ccccc2N1C. The van der Waals surface area contributed by atoms with E-state index >= 15 is 0 Å². The van der Waals surface area contributed by atoms with Crippen molar-refractivity contribution < 1.29 is 9.53 Å². The summed E-state index contributed by atoms with van der Waals surface area (Å²) in [6, 6.07) is 18.3. The number of benzene rings is 2. The fraction of sp³-hybridized carbons (Fsp3) is 0.263. The van der Waals surface area contributed by atoms with E-state index in [1.54, 1.807) is 0 Å². The van der Waals surface area contributed by atoms with Gasteiger partial charge in [-0.1, -0.05) is 48.5 Å². The molecule has 1 unspecified atom stereocenters. The number of para-hydroxylation sites is 1. The molecule has 1 aliphatic rings. The number of anilines is 1. The standard InChI is InChI=1S/C19H20N2O2/c1-21-15(12-18(22)23-2)13-20-19(14-8-4-3-5-9-14)16-10-6-7-11-17(16)21/h3-11,15H,12-13H2,1-2H3. The minimum absolute atomic E-state index is 0.00943. The van der Waals surface area contributed by atoms with Crippen molar-refractivity contribution in [2.45, 2.75) is 12.5 Å². The molecular formula is C19H20N2O2. The van der Waals surface area contributed by atoms with Crippen molar-refractivity contribution in [1.82, 2.24) is 0 Å². The predicted molar refractivity (Wildman–Crippen MR) is 92.2 cm³/mol. The van der Waals surface area contributed by atoms with E-state index < -0.39 is 0 Å². The lowest BCUT2D eigenvalue weighted by atomic mass is 10.0. The molecule has 0 spiro atoms. The number of hydrogen-bond donors (Lipinski definition) is 0. The number of carbonyl (C=O) groups is 1. The molecule has 1 heterocycles. The first kappa shape index (κ1) is 15.3. The first-order valence-electron chi connectivity index (χ1n) is 7.69. The summed E-state index contributed by atoms with van der Waals surface area (Å²) in [7, 11) is 3.43. The second-order valence-corrected chi connectivity index (χ2v) is 5.62. The van der Waals surface area contributed by atoms with Crippen LogP contribution in [0, 0.1) is 0 Å². The Hall–Kier alpha value is -2.62. The minimum Gasteiger partial charge on any atom is -0.469 e. The van der Waals surface area contributed by atoms with E-state index in [0.29, 0.717) is 13.0 Å². The van der Waals surface area contributed by atoms with Gasteiger partial charge in [0.2, 0.25) is 0 Å². The van der Waals surface area contributed by atoms with E-state index in [4.69, 9.17) is 9.73 Å². The first-order valence-corrected chi connectivity index (χ1v) is 7.69. The van der Waals surface area contributed by atoms with Crippen molar-refractivity contribution in [2.24, 2.45) is 4.99 Å². The van der Waals surface area contributed by atoms with E-state index in [2.05, 4.69) is 29.2 Å². The zero-order chi connectivity index (χ0) is 16.2. The summed E-state index contributed by atoms with van der Waals surface area (Å²) in [4.78, 5) is 18.7. The highest BCUT2D eigenvalue weighted by atomic mass is 16.5. The van der Waals surface area contributed by atoms with Crippen LogP contribution in [0.1, 0.15) is 17.5 Å². The van der Waals surface area contributed by atoms with Crippen LogP contribution in [0.5, 0.6) is 0 Å². The number of aliphatic imine (C=N–C) groups is 1. The molecule has 4 heteroatoms. The number of fused-ring (bicyclic) bond motifs is 1. The summed E-state index contributed by atoms with van der Waals surface area (Å²) in [6.07, 6.45) is 0.326. The molecule has 0 radical (unpaired) electrons. The number of benzodiazepines with no additional fused rings is 1. The van der Waals surface area contributed by atoms with Gasteiger partial charge in [-0.15, -0.1) is 0 Å². The zero-order valence-electron chi connectivity index (χ0n) is 13.4. The monoisotopic (exact) mass is 308 g/mol. The Kier molecular flexibility index (Phi) is 4.42. The minimum atomic E-state index is -0.210. The molecule has 3 rings (SSSR count). The van der Waals surface area contributed by atoms with Crippen LogP contribution < -0.4 is 4.90 Å². The Labute approximate surface area is 136 Å². The third-order valence-corrected chi connectivity index (χ3v) is 4.22. The molecule has 4 nitrogen and oxygen atoms in total. The van der Waals surface area contributed by atoms with Gasteiger partial charge in [0.05, 0.1) is 31.8 Å². The van der Waals surface area contributed by atoms with Crippen molar-refractivity contribution in [3.8, 4) is 0 Å². The third kappa shape index (κ3) is 3.11. The van der Waals surface area contributed by atoms with E-state index in [1.165, 1.54) is 7.11 Å². The lowest BCUT2D eigenvalue weighted by Gasteiger charge is -2.27. The second kappa shape index (κ2) is 6.65. The van der Waals surface area contributed by atoms with Crippen molar-refractivity contribution in [1.29, 1.82) is 0 Å². The summed E-state index contributed by atoms with van der Waals surface area (Å²) in [5, 5.41) is 0. The molecule has 2 aromatic rings. The molecule has 23 heavy (non-hydrogen) atoms. The number of nitrogens with zero attached hydrogens (tertiary/aromatic N) is 2. The van der Waals surface area contributed by atoms with Crippen LogP contribution >= 0.6 is 0 Å². The predicted octanol–water partition coefficient (Wildman–Crippen LogP) is 2.91. The molecule has 2 aromatic carbocycles. The molecule has 1 aliphatic heterocycles. The third-order valence-electron chi connectivity index (χ3n) is 4.22. The topological polar surface area (TPSA) is 41.9 Å². The fourth-order valence-corrected chi connectivity index (χ4v) is 2.90. The molecule has 0 bridgehead atoms. The quantitative estimate of drug-likeness (QED) is 0.819. The summed E-state index contributed by atoms with van der Waals surface area (Å²) < 4.78 is 4.83. The largest absolute Gasteiger partial charge is 0.469 e. The molecular weight excluding hydrogens is 288 g/mol. The summed E-state index contributed by atoms with van der Waals surface area (Å²) in [6.45, 7) is 0.560. The molecule has 118 valence electrons. The maximum Gasteiger partial charge on any atom is 0.307 e. The van der Waals surface area contributed by atoms with Crippen LogP contribution in [0.25, 0.3) is 0 Å². The molecule has 0 fully saturated rings. The van der Waals surface area contributed by atoms with Gasteiger partial charge < -0.3 is 9.64 Å². The molecule has 0 N–H and O–H groups in total. The highest BCUT2D eigenvalue weighted by molar-refractivity contribution is 6.16. The fourth-order valence-electron chi connectivity index (χ4n) is 2.90. The maximum atomic E-state index is 11.7. The average molecular weight is 308 g/mol.